The van der Waals surface area contributed by atoms with Gasteiger partial charge in [0.25, 0.3) is 0 Å². The van der Waals surface area contributed by atoms with Crippen molar-refractivity contribution in [3.8, 4) is 0 Å². The van der Waals surface area contributed by atoms with Crippen molar-refractivity contribution in [1.29, 1.82) is 0 Å². The largest absolute Gasteiger partial charge is 0.373 e. The highest BCUT2D eigenvalue weighted by molar-refractivity contribution is 7.89. The molecule has 0 aliphatic carbocycles. The molecule has 6 nitrogen and oxygen atoms in total. The minimum absolute atomic E-state index is 0.0196. The van der Waals surface area contributed by atoms with E-state index in [4.69, 9.17) is 5.14 Å². The van der Waals surface area contributed by atoms with Crippen LogP contribution in [0.25, 0.3) is 0 Å². The third kappa shape index (κ3) is 3.93. The van der Waals surface area contributed by atoms with Gasteiger partial charge in [-0.05, 0) is 26.0 Å². The Morgan fingerprint density at radius 1 is 1.42 bits per heavy atom. The van der Waals surface area contributed by atoms with Crippen molar-refractivity contribution in [1.82, 2.24) is 4.90 Å². The molecule has 0 fully saturated rings. The molecule has 0 saturated carbocycles. The summed E-state index contributed by atoms with van der Waals surface area (Å²) in [6, 6.07) is 5.70. The molecule has 0 bridgehead atoms. The molecule has 0 aromatic heterocycles. The molecule has 106 valence electrons. The first-order valence-corrected chi connectivity index (χ1v) is 7.45. The quantitative estimate of drug-likeness (QED) is 0.829. The molecule has 0 radical (unpaired) electrons. The number of carbonyl (C=O) groups is 1. The van der Waals surface area contributed by atoms with Gasteiger partial charge in [-0.2, -0.15) is 0 Å². The van der Waals surface area contributed by atoms with E-state index in [0.29, 0.717) is 12.2 Å². The van der Waals surface area contributed by atoms with Gasteiger partial charge in [-0.25, -0.2) is 13.6 Å². The number of hydrogen-bond acceptors (Lipinski definition) is 4. The van der Waals surface area contributed by atoms with Crippen molar-refractivity contribution in [2.24, 2.45) is 5.14 Å². The van der Waals surface area contributed by atoms with Crippen molar-refractivity contribution in [2.75, 3.05) is 18.9 Å². The van der Waals surface area contributed by atoms with Crippen LogP contribution in [0.3, 0.4) is 0 Å². The predicted octanol–water partition coefficient (Wildman–Crippen LogP) is 0.613. The average molecular weight is 285 g/mol. The van der Waals surface area contributed by atoms with E-state index in [0.717, 1.165) is 0 Å². The Bertz CT molecular complexity index is 557. The molecular formula is C12H19N3O3S. The first-order valence-electron chi connectivity index (χ1n) is 5.90. The molecule has 1 rings (SSSR count). The highest BCUT2D eigenvalue weighted by Gasteiger charge is 2.19. The summed E-state index contributed by atoms with van der Waals surface area (Å²) in [5.41, 5.74) is 0.329. The van der Waals surface area contributed by atoms with Crippen molar-refractivity contribution >= 4 is 21.6 Å². The zero-order chi connectivity index (χ0) is 14.6. The van der Waals surface area contributed by atoms with Crippen LogP contribution in [0.15, 0.2) is 29.2 Å². The molecule has 1 amide bonds. The number of nitrogens with one attached hydrogen (secondary N) is 1. The summed E-state index contributed by atoms with van der Waals surface area (Å²) in [5, 5.41) is 8.01. The Labute approximate surface area is 113 Å². The molecule has 1 aromatic rings. The molecule has 1 unspecified atom stereocenters. The summed E-state index contributed by atoms with van der Waals surface area (Å²) in [6.07, 6.45) is 0. The van der Waals surface area contributed by atoms with Gasteiger partial charge in [0.1, 0.15) is 10.9 Å². The zero-order valence-electron chi connectivity index (χ0n) is 11.3. The number of nitrogens with two attached hydrogens (primary N) is 1. The molecule has 0 saturated heterocycles. The Balaban J connectivity index is 2.98. The number of likely N-dealkylation sites (N-methyl/N-ethyl adjacent to an activating group) is 1. The number of nitrogens with zero attached hydrogens (tertiary/aromatic N) is 1. The number of amides is 1. The SMILES string of the molecule is CCN(C)C(=O)C(C)Nc1ccccc1S(N)(=O)=O. The maximum atomic E-state index is 11.9. The third-order valence-corrected chi connectivity index (χ3v) is 3.76. The van der Waals surface area contributed by atoms with Gasteiger partial charge < -0.3 is 10.2 Å². The van der Waals surface area contributed by atoms with E-state index in [1.807, 2.05) is 6.92 Å². The van der Waals surface area contributed by atoms with Crippen LogP contribution in [-0.2, 0) is 14.8 Å². The summed E-state index contributed by atoms with van der Waals surface area (Å²) in [6.45, 7) is 4.12. The molecule has 0 spiro atoms. The number of primary sulfonamides is 1. The second-order valence-corrected chi connectivity index (χ2v) is 5.79. The van der Waals surface area contributed by atoms with Crippen LogP contribution < -0.4 is 10.5 Å². The minimum Gasteiger partial charge on any atom is -0.373 e. The number of sulfonamides is 1. The Hall–Kier alpha value is -1.60. The fraction of sp³-hybridized carbons (Fsp3) is 0.417. The average Bonchev–Trinajstić information content (AvgIpc) is 2.36. The van der Waals surface area contributed by atoms with Gasteiger partial charge in [0.2, 0.25) is 15.9 Å². The van der Waals surface area contributed by atoms with E-state index < -0.39 is 16.1 Å². The van der Waals surface area contributed by atoms with E-state index in [-0.39, 0.29) is 10.8 Å². The monoisotopic (exact) mass is 285 g/mol. The van der Waals surface area contributed by atoms with Crippen LogP contribution in [0.1, 0.15) is 13.8 Å². The van der Waals surface area contributed by atoms with Crippen LogP contribution >= 0.6 is 0 Å². The van der Waals surface area contributed by atoms with Crippen molar-refractivity contribution in [3.63, 3.8) is 0 Å². The maximum absolute atomic E-state index is 11.9. The second-order valence-electron chi connectivity index (χ2n) is 4.26. The van der Waals surface area contributed by atoms with Crippen LogP contribution in [0.5, 0.6) is 0 Å². The normalized spacial score (nSPS) is 12.8. The number of anilines is 1. The smallest absolute Gasteiger partial charge is 0.244 e. The van der Waals surface area contributed by atoms with Gasteiger partial charge in [0.05, 0.1) is 5.69 Å². The first kappa shape index (κ1) is 15.5. The number of rotatable bonds is 5. The molecule has 7 heteroatoms. The van der Waals surface area contributed by atoms with E-state index in [2.05, 4.69) is 5.32 Å². The summed E-state index contributed by atoms with van der Waals surface area (Å²) in [7, 11) is -2.13. The summed E-state index contributed by atoms with van der Waals surface area (Å²) < 4.78 is 22.9. The van der Waals surface area contributed by atoms with Crippen LogP contribution in [0.2, 0.25) is 0 Å². The van der Waals surface area contributed by atoms with Gasteiger partial charge >= 0.3 is 0 Å². The summed E-state index contributed by atoms with van der Waals surface area (Å²) in [5.74, 6) is -0.119. The van der Waals surface area contributed by atoms with Crippen LogP contribution in [0.4, 0.5) is 5.69 Å². The van der Waals surface area contributed by atoms with Gasteiger partial charge in [-0.15, -0.1) is 0 Å². The lowest BCUT2D eigenvalue weighted by Gasteiger charge is -2.22. The molecular weight excluding hydrogens is 266 g/mol. The molecule has 0 heterocycles. The van der Waals surface area contributed by atoms with Gasteiger partial charge in [0.15, 0.2) is 0 Å². The first-order chi connectivity index (χ1) is 8.77. The van der Waals surface area contributed by atoms with Crippen molar-refractivity contribution < 1.29 is 13.2 Å². The lowest BCUT2D eigenvalue weighted by atomic mass is 10.2. The number of para-hydroxylation sites is 1. The number of carbonyl (C=O) groups excluding carboxylic acids is 1. The number of benzene rings is 1. The van der Waals surface area contributed by atoms with E-state index in [9.17, 15) is 13.2 Å². The molecule has 19 heavy (non-hydrogen) atoms. The highest BCUT2D eigenvalue weighted by Crippen LogP contribution is 2.20. The van der Waals surface area contributed by atoms with Gasteiger partial charge in [-0.3, -0.25) is 4.79 Å². The second kappa shape index (κ2) is 6.03. The lowest BCUT2D eigenvalue weighted by molar-refractivity contribution is -0.130. The minimum atomic E-state index is -3.82. The van der Waals surface area contributed by atoms with Crippen LogP contribution in [-0.4, -0.2) is 38.9 Å². The van der Waals surface area contributed by atoms with Crippen molar-refractivity contribution in [3.05, 3.63) is 24.3 Å². The fourth-order valence-corrected chi connectivity index (χ4v) is 2.32. The Morgan fingerprint density at radius 3 is 2.53 bits per heavy atom. The maximum Gasteiger partial charge on any atom is 0.244 e. The van der Waals surface area contributed by atoms with E-state index in [1.54, 1.807) is 37.1 Å². The Kier molecular flexibility index (Phi) is 4.90. The van der Waals surface area contributed by atoms with Crippen LogP contribution in [0, 0.1) is 0 Å². The summed E-state index contributed by atoms with van der Waals surface area (Å²) >= 11 is 0. The predicted molar refractivity (Wildman–Crippen MR) is 74.2 cm³/mol. The fourth-order valence-electron chi connectivity index (χ4n) is 1.62. The highest BCUT2D eigenvalue weighted by atomic mass is 32.2. The lowest BCUT2D eigenvalue weighted by Crippen LogP contribution is -2.39. The molecule has 1 aromatic carbocycles. The zero-order valence-corrected chi connectivity index (χ0v) is 12.1. The molecule has 1 atom stereocenters. The molecule has 0 aliphatic heterocycles. The topological polar surface area (TPSA) is 92.5 Å². The number of hydrogen-bond donors (Lipinski definition) is 2. The molecule has 3 N–H and O–H groups in total. The van der Waals surface area contributed by atoms with E-state index >= 15 is 0 Å². The van der Waals surface area contributed by atoms with Crippen molar-refractivity contribution in [2.45, 2.75) is 24.8 Å². The Morgan fingerprint density at radius 2 is 2.00 bits per heavy atom. The van der Waals surface area contributed by atoms with Gasteiger partial charge in [0, 0.05) is 13.6 Å². The third-order valence-electron chi connectivity index (χ3n) is 2.79. The molecule has 0 aliphatic rings. The van der Waals surface area contributed by atoms with E-state index in [1.165, 1.54) is 6.07 Å². The summed E-state index contributed by atoms with van der Waals surface area (Å²) in [4.78, 5) is 13.5. The van der Waals surface area contributed by atoms with Gasteiger partial charge in [-0.1, -0.05) is 12.1 Å². The standard InChI is InChI=1S/C12H19N3O3S/c1-4-15(3)12(16)9(2)14-10-7-5-6-8-11(10)19(13,17)18/h5-9,14H,4H2,1-3H3,(H2,13,17,18).